The standard InChI is InChI=1S/C23H32BrNO4S/c1-16(2)29-23(26)7-5-3-4-6-21-17-8-9-18(14-17)22(21)15-25-30(27,28)20-12-10-19(24)11-13-20/h4,6,10-13,16-18,21-22,25H,3,5,7-9,14-15H2,1-2H3/b6-4-. The van der Waals surface area contributed by atoms with Gasteiger partial charge >= 0.3 is 5.97 Å². The second-order valence-electron chi connectivity index (χ2n) is 8.74. The molecule has 166 valence electrons. The van der Waals surface area contributed by atoms with Gasteiger partial charge in [0.2, 0.25) is 10.0 Å². The van der Waals surface area contributed by atoms with Crippen LogP contribution in [-0.4, -0.2) is 27.0 Å². The molecule has 0 spiro atoms. The van der Waals surface area contributed by atoms with Crippen LogP contribution in [0.25, 0.3) is 0 Å². The van der Waals surface area contributed by atoms with Crippen LogP contribution in [0.4, 0.5) is 0 Å². The molecule has 2 aliphatic rings. The van der Waals surface area contributed by atoms with Crippen molar-refractivity contribution in [3.8, 4) is 0 Å². The Hall–Kier alpha value is -1.18. The van der Waals surface area contributed by atoms with Gasteiger partial charge in [0.05, 0.1) is 11.0 Å². The van der Waals surface area contributed by atoms with E-state index in [-0.39, 0.29) is 12.1 Å². The molecule has 4 atom stereocenters. The normalized spacial score (nSPS) is 26.0. The Kier molecular flexibility index (Phi) is 8.16. The molecule has 3 rings (SSSR count). The zero-order valence-electron chi connectivity index (χ0n) is 17.7. The molecule has 2 bridgehead atoms. The van der Waals surface area contributed by atoms with Crippen molar-refractivity contribution in [3.05, 3.63) is 40.9 Å². The van der Waals surface area contributed by atoms with Crippen molar-refractivity contribution in [1.29, 1.82) is 0 Å². The summed E-state index contributed by atoms with van der Waals surface area (Å²) in [5, 5.41) is 0. The van der Waals surface area contributed by atoms with E-state index in [1.807, 2.05) is 13.8 Å². The number of carbonyl (C=O) groups excluding carboxylic acids is 1. The molecule has 2 aliphatic carbocycles. The quantitative estimate of drug-likeness (QED) is 0.278. The number of nitrogens with one attached hydrogen (secondary N) is 1. The van der Waals surface area contributed by atoms with Crippen molar-refractivity contribution in [3.63, 3.8) is 0 Å². The largest absolute Gasteiger partial charge is 0.463 e. The Labute approximate surface area is 188 Å². The average Bonchev–Trinajstić information content (AvgIpc) is 3.27. The summed E-state index contributed by atoms with van der Waals surface area (Å²) in [5.41, 5.74) is 0. The maximum Gasteiger partial charge on any atom is 0.306 e. The van der Waals surface area contributed by atoms with E-state index in [1.165, 1.54) is 19.3 Å². The number of ether oxygens (including phenoxy) is 1. The molecular weight excluding hydrogens is 466 g/mol. The third-order valence-corrected chi connectivity index (χ3v) is 8.24. The molecule has 0 amide bonds. The topological polar surface area (TPSA) is 72.5 Å². The molecule has 0 radical (unpaired) electrons. The average molecular weight is 498 g/mol. The lowest BCUT2D eigenvalue weighted by Gasteiger charge is -2.29. The Bertz CT molecular complexity index is 850. The van der Waals surface area contributed by atoms with Crippen LogP contribution in [0.15, 0.2) is 45.8 Å². The maximum absolute atomic E-state index is 12.7. The van der Waals surface area contributed by atoms with Crippen molar-refractivity contribution in [2.24, 2.45) is 23.7 Å². The van der Waals surface area contributed by atoms with Crippen LogP contribution in [0.3, 0.4) is 0 Å². The lowest BCUT2D eigenvalue weighted by molar-refractivity contribution is -0.147. The summed E-state index contributed by atoms with van der Waals surface area (Å²) < 4.78 is 34.2. The first-order valence-corrected chi connectivity index (χ1v) is 13.2. The van der Waals surface area contributed by atoms with E-state index in [9.17, 15) is 13.2 Å². The van der Waals surface area contributed by atoms with Crippen molar-refractivity contribution < 1.29 is 17.9 Å². The van der Waals surface area contributed by atoms with Crippen molar-refractivity contribution in [2.45, 2.75) is 63.4 Å². The van der Waals surface area contributed by atoms with Crippen LogP contribution in [0.5, 0.6) is 0 Å². The molecule has 2 saturated carbocycles. The van der Waals surface area contributed by atoms with E-state index in [1.54, 1.807) is 24.3 Å². The smallest absolute Gasteiger partial charge is 0.306 e. The third-order valence-electron chi connectivity index (χ3n) is 6.27. The Balaban J connectivity index is 1.52. The summed E-state index contributed by atoms with van der Waals surface area (Å²) in [6.07, 6.45) is 10.1. The van der Waals surface area contributed by atoms with Crippen LogP contribution in [0.1, 0.15) is 52.4 Å². The molecule has 0 saturated heterocycles. The maximum atomic E-state index is 12.7. The molecule has 5 nitrogen and oxygen atoms in total. The fraction of sp³-hybridized carbons (Fsp3) is 0.609. The van der Waals surface area contributed by atoms with E-state index in [0.29, 0.717) is 41.5 Å². The van der Waals surface area contributed by atoms with E-state index in [2.05, 4.69) is 32.8 Å². The lowest BCUT2D eigenvalue weighted by atomic mass is 9.79. The number of rotatable bonds is 10. The second-order valence-corrected chi connectivity index (χ2v) is 11.4. The highest BCUT2D eigenvalue weighted by Gasteiger charge is 2.46. The summed E-state index contributed by atoms with van der Waals surface area (Å²) >= 11 is 3.34. The van der Waals surface area contributed by atoms with Gasteiger partial charge in [-0.15, -0.1) is 0 Å². The minimum absolute atomic E-state index is 0.0657. The van der Waals surface area contributed by atoms with Crippen LogP contribution >= 0.6 is 15.9 Å². The van der Waals surface area contributed by atoms with E-state index in [4.69, 9.17) is 4.74 Å². The van der Waals surface area contributed by atoms with E-state index >= 15 is 0 Å². The highest BCUT2D eigenvalue weighted by Crippen LogP contribution is 2.52. The van der Waals surface area contributed by atoms with Gasteiger partial charge in [-0.1, -0.05) is 28.1 Å². The van der Waals surface area contributed by atoms with Crippen LogP contribution in [0.2, 0.25) is 0 Å². The number of fused-ring (bicyclic) bond motifs is 2. The first-order chi connectivity index (χ1) is 14.3. The summed E-state index contributed by atoms with van der Waals surface area (Å²) in [6, 6.07) is 6.73. The molecule has 1 N–H and O–H groups in total. The molecule has 0 aromatic heterocycles. The minimum Gasteiger partial charge on any atom is -0.463 e. The number of sulfonamides is 1. The Morgan fingerprint density at radius 1 is 1.23 bits per heavy atom. The highest BCUT2D eigenvalue weighted by molar-refractivity contribution is 9.10. The number of halogens is 1. The minimum atomic E-state index is -3.50. The molecule has 7 heteroatoms. The Morgan fingerprint density at radius 2 is 1.93 bits per heavy atom. The van der Waals surface area contributed by atoms with Crippen molar-refractivity contribution in [2.75, 3.05) is 6.54 Å². The number of hydrogen-bond acceptors (Lipinski definition) is 4. The number of carbonyl (C=O) groups is 1. The van der Waals surface area contributed by atoms with Gasteiger partial charge in [-0.05, 0) is 93.9 Å². The van der Waals surface area contributed by atoms with Gasteiger partial charge in [-0.2, -0.15) is 0 Å². The predicted octanol–water partition coefficient (Wildman–Crippen LogP) is 5.07. The monoisotopic (exact) mass is 497 g/mol. The van der Waals surface area contributed by atoms with Gasteiger partial charge < -0.3 is 4.74 Å². The van der Waals surface area contributed by atoms with Crippen molar-refractivity contribution in [1.82, 2.24) is 4.72 Å². The number of esters is 1. The second kappa shape index (κ2) is 10.4. The molecule has 30 heavy (non-hydrogen) atoms. The molecule has 0 aliphatic heterocycles. The third kappa shape index (κ3) is 6.17. The number of allylic oxidation sites excluding steroid dienone is 2. The summed E-state index contributed by atoms with van der Waals surface area (Å²) in [5.74, 6) is 1.87. The molecular formula is C23H32BrNO4S. The van der Waals surface area contributed by atoms with E-state index < -0.39 is 10.0 Å². The zero-order valence-corrected chi connectivity index (χ0v) is 20.1. The van der Waals surface area contributed by atoms with Gasteiger partial charge in [0, 0.05) is 17.4 Å². The fourth-order valence-electron chi connectivity index (χ4n) is 4.90. The fourth-order valence-corrected chi connectivity index (χ4v) is 6.24. The van der Waals surface area contributed by atoms with Crippen LogP contribution in [0, 0.1) is 23.7 Å². The van der Waals surface area contributed by atoms with Crippen molar-refractivity contribution >= 4 is 31.9 Å². The summed E-state index contributed by atoms with van der Waals surface area (Å²) in [7, 11) is -3.50. The van der Waals surface area contributed by atoms with E-state index in [0.717, 1.165) is 17.3 Å². The molecule has 4 unspecified atom stereocenters. The molecule has 0 heterocycles. The number of unbranched alkanes of at least 4 members (excludes halogenated alkanes) is 1. The predicted molar refractivity (Wildman–Crippen MR) is 121 cm³/mol. The van der Waals surface area contributed by atoms with Gasteiger partial charge in [0.25, 0.3) is 0 Å². The zero-order chi connectivity index (χ0) is 21.7. The molecule has 1 aromatic carbocycles. The van der Waals surface area contributed by atoms with Crippen LogP contribution in [-0.2, 0) is 19.6 Å². The molecule has 2 fully saturated rings. The van der Waals surface area contributed by atoms with Gasteiger partial charge in [-0.3, -0.25) is 4.79 Å². The lowest BCUT2D eigenvalue weighted by Crippen LogP contribution is -2.35. The summed E-state index contributed by atoms with van der Waals surface area (Å²) in [6.45, 7) is 4.20. The van der Waals surface area contributed by atoms with Crippen LogP contribution < -0.4 is 4.72 Å². The SMILES string of the molecule is CC(C)OC(=O)CCC/C=C\C1C2CCC(C2)C1CNS(=O)(=O)c1ccc(Br)cc1. The van der Waals surface area contributed by atoms with Gasteiger partial charge in [0.1, 0.15) is 0 Å². The molecule has 1 aromatic rings. The van der Waals surface area contributed by atoms with Gasteiger partial charge in [0.15, 0.2) is 0 Å². The first kappa shape index (κ1) is 23.5. The summed E-state index contributed by atoms with van der Waals surface area (Å²) in [4.78, 5) is 11.9. The Morgan fingerprint density at radius 3 is 2.63 bits per heavy atom. The highest BCUT2D eigenvalue weighted by atomic mass is 79.9. The van der Waals surface area contributed by atoms with Gasteiger partial charge in [-0.25, -0.2) is 13.1 Å². The first-order valence-electron chi connectivity index (χ1n) is 10.9. The number of hydrogen-bond donors (Lipinski definition) is 1. The number of benzene rings is 1.